The Labute approximate surface area is 87.6 Å². The smallest absolute Gasteiger partial charge is 0.168 e. The molecular formula is C11H11N3O. The van der Waals surface area contributed by atoms with Crippen LogP contribution in [-0.2, 0) is 0 Å². The predicted molar refractivity (Wildman–Crippen MR) is 59.5 cm³/mol. The summed E-state index contributed by atoms with van der Waals surface area (Å²) in [5.74, 6) is 0.839. The first-order valence-electron chi connectivity index (χ1n) is 4.50. The van der Waals surface area contributed by atoms with E-state index in [0.29, 0.717) is 11.4 Å². The number of methoxy groups -OCH3 is 1. The fourth-order valence-corrected chi connectivity index (χ4v) is 1.43. The van der Waals surface area contributed by atoms with E-state index >= 15 is 0 Å². The van der Waals surface area contributed by atoms with E-state index in [9.17, 15) is 0 Å². The van der Waals surface area contributed by atoms with Crippen LogP contribution < -0.4 is 10.5 Å². The molecule has 4 nitrogen and oxygen atoms in total. The lowest BCUT2D eigenvalue weighted by Crippen LogP contribution is -2.02. The van der Waals surface area contributed by atoms with Gasteiger partial charge in [-0.15, -0.1) is 0 Å². The van der Waals surface area contributed by atoms with Gasteiger partial charge in [-0.3, -0.25) is 5.41 Å². The molecule has 76 valence electrons. The van der Waals surface area contributed by atoms with E-state index in [0.717, 1.165) is 11.3 Å². The van der Waals surface area contributed by atoms with Crippen LogP contribution in [0.3, 0.4) is 0 Å². The first-order chi connectivity index (χ1) is 7.22. The fourth-order valence-electron chi connectivity index (χ4n) is 1.43. The molecule has 2 rings (SSSR count). The molecule has 0 saturated heterocycles. The largest absolute Gasteiger partial charge is 0.496 e. The van der Waals surface area contributed by atoms with E-state index in [-0.39, 0.29) is 5.84 Å². The summed E-state index contributed by atoms with van der Waals surface area (Å²) < 4.78 is 5.21. The van der Waals surface area contributed by atoms with Gasteiger partial charge in [-0.25, -0.2) is 4.99 Å². The van der Waals surface area contributed by atoms with Crippen LogP contribution in [0.1, 0.15) is 5.56 Å². The average molecular weight is 201 g/mol. The molecule has 0 aliphatic carbocycles. The molecule has 1 aromatic carbocycles. The highest BCUT2D eigenvalue weighted by atomic mass is 16.5. The van der Waals surface area contributed by atoms with Crippen molar-refractivity contribution < 1.29 is 4.74 Å². The number of para-hydroxylation sites is 1. The van der Waals surface area contributed by atoms with E-state index in [1.165, 1.54) is 0 Å². The molecule has 1 heterocycles. The number of nitrogens with two attached hydrogens (primary N) is 1. The second-order valence-corrected chi connectivity index (χ2v) is 3.15. The maximum absolute atomic E-state index is 7.44. The normalized spacial score (nSPS) is 14.9. The molecule has 3 N–H and O–H groups in total. The zero-order valence-electron chi connectivity index (χ0n) is 8.32. The standard InChI is InChI=1S/C11H11N3O/c1-15-10-5-3-2-4-7(10)9-6-8(12)11(13)14-9/h2-6H,1H3,(H3,12,13,14). The monoisotopic (exact) mass is 201 g/mol. The second-order valence-electron chi connectivity index (χ2n) is 3.15. The quantitative estimate of drug-likeness (QED) is 0.757. The van der Waals surface area contributed by atoms with Gasteiger partial charge < -0.3 is 10.5 Å². The Balaban J connectivity index is 2.48. The number of amidine groups is 1. The molecule has 1 aromatic rings. The van der Waals surface area contributed by atoms with E-state index < -0.39 is 0 Å². The number of hydrogen-bond donors (Lipinski definition) is 2. The molecule has 0 fully saturated rings. The molecule has 0 atom stereocenters. The molecule has 0 saturated carbocycles. The summed E-state index contributed by atoms with van der Waals surface area (Å²) in [6, 6.07) is 7.52. The van der Waals surface area contributed by atoms with E-state index in [1.54, 1.807) is 13.2 Å². The third kappa shape index (κ3) is 1.61. The molecule has 15 heavy (non-hydrogen) atoms. The SMILES string of the molecule is COc1ccccc1C1=NC(=N)C(N)=C1. The van der Waals surface area contributed by atoms with Gasteiger partial charge >= 0.3 is 0 Å². The molecular weight excluding hydrogens is 190 g/mol. The van der Waals surface area contributed by atoms with Crippen molar-refractivity contribution in [3.8, 4) is 5.75 Å². The number of ether oxygens (including phenoxy) is 1. The molecule has 0 unspecified atom stereocenters. The van der Waals surface area contributed by atoms with Crippen LogP contribution >= 0.6 is 0 Å². The van der Waals surface area contributed by atoms with Crippen molar-refractivity contribution in [1.82, 2.24) is 0 Å². The van der Waals surface area contributed by atoms with Gasteiger partial charge in [-0.2, -0.15) is 0 Å². The maximum Gasteiger partial charge on any atom is 0.168 e. The number of aliphatic imine (C=N–C) groups is 1. The Morgan fingerprint density at radius 1 is 1.33 bits per heavy atom. The van der Waals surface area contributed by atoms with Crippen molar-refractivity contribution in [1.29, 1.82) is 5.41 Å². The highest BCUT2D eigenvalue weighted by Crippen LogP contribution is 2.21. The highest BCUT2D eigenvalue weighted by Gasteiger charge is 2.15. The Hall–Kier alpha value is -2.10. The molecule has 0 bridgehead atoms. The van der Waals surface area contributed by atoms with Gasteiger partial charge in [0, 0.05) is 5.56 Å². The van der Waals surface area contributed by atoms with Crippen LogP contribution in [0.2, 0.25) is 0 Å². The van der Waals surface area contributed by atoms with Crippen LogP contribution in [0.15, 0.2) is 41.0 Å². The first kappa shape index (κ1) is 9.45. The van der Waals surface area contributed by atoms with Crippen LogP contribution in [0.5, 0.6) is 5.75 Å². The summed E-state index contributed by atoms with van der Waals surface area (Å²) in [4.78, 5) is 4.05. The van der Waals surface area contributed by atoms with Crippen molar-refractivity contribution in [2.24, 2.45) is 10.7 Å². The zero-order chi connectivity index (χ0) is 10.8. The van der Waals surface area contributed by atoms with Crippen LogP contribution in [0.25, 0.3) is 0 Å². The lowest BCUT2D eigenvalue weighted by atomic mass is 10.1. The summed E-state index contributed by atoms with van der Waals surface area (Å²) >= 11 is 0. The van der Waals surface area contributed by atoms with E-state index in [4.69, 9.17) is 15.9 Å². The van der Waals surface area contributed by atoms with Gasteiger partial charge in [0.2, 0.25) is 0 Å². The first-order valence-corrected chi connectivity index (χ1v) is 4.50. The summed E-state index contributed by atoms with van der Waals surface area (Å²) in [6.45, 7) is 0. The summed E-state index contributed by atoms with van der Waals surface area (Å²) in [6.07, 6.45) is 1.68. The van der Waals surface area contributed by atoms with Crippen molar-refractivity contribution in [2.45, 2.75) is 0 Å². The number of rotatable bonds is 2. The van der Waals surface area contributed by atoms with Gasteiger partial charge in [0.25, 0.3) is 0 Å². The number of hydrogen-bond acceptors (Lipinski definition) is 3. The molecule has 1 aliphatic heterocycles. The maximum atomic E-state index is 7.44. The molecule has 0 amide bonds. The van der Waals surface area contributed by atoms with Crippen molar-refractivity contribution in [2.75, 3.05) is 7.11 Å². The van der Waals surface area contributed by atoms with Crippen molar-refractivity contribution >= 4 is 11.5 Å². The number of allylic oxidation sites excluding steroid dienone is 1. The Bertz CT molecular complexity index is 474. The van der Waals surface area contributed by atoms with E-state index in [2.05, 4.69) is 4.99 Å². The molecule has 0 spiro atoms. The minimum absolute atomic E-state index is 0.107. The van der Waals surface area contributed by atoms with Gasteiger partial charge in [-0.05, 0) is 18.2 Å². The van der Waals surface area contributed by atoms with Crippen LogP contribution in [0.4, 0.5) is 0 Å². The number of nitrogens with one attached hydrogen (secondary N) is 1. The Morgan fingerprint density at radius 3 is 2.67 bits per heavy atom. The molecule has 0 aromatic heterocycles. The second kappa shape index (κ2) is 3.57. The van der Waals surface area contributed by atoms with Crippen molar-refractivity contribution in [3.63, 3.8) is 0 Å². The Morgan fingerprint density at radius 2 is 2.07 bits per heavy atom. The van der Waals surface area contributed by atoms with Gasteiger partial charge in [0.15, 0.2) is 5.84 Å². The fraction of sp³-hybridized carbons (Fsp3) is 0.0909. The number of nitrogens with zero attached hydrogens (tertiary/aromatic N) is 1. The van der Waals surface area contributed by atoms with Gasteiger partial charge in [-0.1, -0.05) is 12.1 Å². The zero-order valence-corrected chi connectivity index (χ0v) is 8.32. The highest BCUT2D eigenvalue weighted by molar-refractivity contribution is 6.23. The summed E-state index contributed by atoms with van der Waals surface area (Å²) in [7, 11) is 1.60. The molecule has 4 heteroatoms. The summed E-state index contributed by atoms with van der Waals surface area (Å²) in [5.41, 5.74) is 7.49. The van der Waals surface area contributed by atoms with Gasteiger partial charge in [0.1, 0.15) is 5.75 Å². The minimum atomic E-state index is 0.107. The van der Waals surface area contributed by atoms with Crippen molar-refractivity contribution in [3.05, 3.63) is 41.6 Å². The van der Waals surface area contributed by atoms with Crippen LogP contribution in [-0.4, -0.2) is 18.7 Å². The third-order valence-corrected chi connectivity index (χ3v) is 2.18. The predicted octanol–water partition coefficient (Wildman–Crippen LogP) is 1.32. The average Bonchev–Trinajstić information content (AvgIpc) is 2.59. The van der Waals surface area contributed by atoms with Crippen LogP contribution in [0, 0.1) is 5.41 Å². The lowest BCUT2D eigenvalue weighted by Gasteiger charge is -2.05. The Kier molecular flexibility index (Phi) is 2.25. The molecule has 0 radical (unpaired) electrons. The van der Waals surface area contributed by atoms with Gasteiger partial charge in [0.05, 0.1) is 18.5 Å². The molecule has 1 aliphatic rings. The summed E-state index contributed by atoms with van der Waals surface area (Å²) in [5, 5.41) is 7.44. The minimum Gasteiger partial charge on any atom is -0.496 e. The number of benzene rings is 1. The lowest BCUT2D eigenvalue weighted by molar-refractivity contribution is 0.414. The topological polar surface area (TPSA) is 71.5 Å². The third-order valence-electron chi connectivity index (χ3n) is 2.18. The van der Waals surface area contributed by atoms with E-state index in [1.807, 2.05) is 24.3 Å².